The number of hydrogen-bond donors (Lipinski definition) is 0. The zero-order valence-electron chi connectivity index (χ0n) is 12.2. The number of benzene rings is 3. The van der Waals surface area contributed by atoms with Gasteiger partial charge in [-0.05, 0) is 10.8 Å². The highest BCUT2D eigenvalue weighted by atomic mass is 35.5. The molecule has 0 aliphatic rings. The summed E-state index contributed by atoms with van der Waals surface area (Å²) in [7, 11) is 0. The smallest absolute Gasteiger partial charge is 0.202 e. The largest absolute Gasteiger partial charge is 0.240 e. The van der Waals surface area contributed by atoms with Crippen LogP contribution in [0, 0.1) is 0 Å². The first-order valence-electron chi connectivity index (χ1n) is 7.32. The van der Waals surface area contributed by atoms with Gasteiger partial charge in [0, 0.05) is 10.8 Å². The van der Waals surface area contributed by atoms with Crippen LogP contribution in [-0.4, -0.2) is 20.2 Å². The molecule has 0 amide bonds. The third kappa shape index (κ3) is 1.81. The molecular weight excluding hydrogens is 343 g/mol. The molecule has 0 aliphatic carbocycles. The second-order valence-electron chi connectivity index (χ2n) is 5.49. The van der Waals surface area contributed by atoms with Crippen molar-refractivity contribution in [3.05, 3.63) is 58.7 Å². The van der Waals surface area contributed by atoms with E-state index in [2.05, 4.69) is 27.3 Å². The monoisotopic (exact) mass is 350 g/mol. The van der Waals surface area contributed by atoms with Crippen LogP contribution in [-0.2, 0) is 0 Å². The lowest BCUT2D eigenvalue weighted by Gasteiger charge is -2.10. The fraction of sp³-hybridized carbons (Fsp3) is 0. The standard InChI is InChI=1S/C18H8Cl2N4/c19-13-16-18(24-23-17(13)20)22-15-12-8-4-2-6-10(12)9-5-1-3-7-11(9)14(15)21-16/h1-8H. The van der Waals surface area contributed by atoms with Gasteiger partial charge in [0.2, 0.25) is 5.65 Å². The quantitative estimate of drug-likeness (QED) is 0.285. The van der Waals surface area contributed by atoms with Crippen LogP contribution in [0.3, 0.4) is 0 Å². The SMILES string of the molecule is Clc1nnc2nc3c4ccccc4c4ccccc4c3nc2c1Cl. The Morgan fingerprint density at radius 3 is 1.75 bits per heavy atom. The first-order valence-corrected chi connectivity index (χ1v) is 8.08. The minimum atomic E-state index is 0.128. The minimum absolute atomic E-state index is 0.128. The van der Waals surface area contributed by atoms with E-state index in [1.807, 2.05) is 36.4 Å². The van der Waals surface area contributed by atoms with Crippen molar-refractivity contribution in [2.45, 2.75) is 0 Å². The van der Waals surface area contributed by atoms with Gasteiger partial charge in [0.25, 0.3) is 0 Å². The summed E-state index contributed by atoms with van der Waals surface area (Å²) < 4.78 is 0. The third-order valence-electron chi connectivity index (χ3n) is 4.15. The molecule has 0 atom stereocenters. The summed E-state index contributed by atoms with van der Waals surface area (Å²) in [4.78, 5) is 9.41. The van der Waals surface area contributed by atoms with Crippen molar-refractivity contribution in [3.8, 4) is 0 Å². The summed E-state index contributed by atoms with van der Waals surface area (Å²) in [5.74, 6) is 0. The molecule has 0 N–H and O–H groups in total. The Hall–Kier alpha value is -2.56. The van der Waals surface area contributed by atoms with Gasteiger partial charge in [0.15, 0.2) is 5.15 Å². The van der Waals surface area contributed by atoms with Crippen LogP contribution in [0.25, 0.3) is 43.7 Å². The third-order valence-corrected chi connectivity index (χ3v) is 4.87. The van der Waals surface area contributed by atoms with Crippen molar-refractivity contribution in [1.82, 2.24) is 20.2 Å². The van der Waals surface area contributed by atoms with Crippen molar-refractivity contribution in [3.63, 3.8) is 0 Å². The van der Waals surface area contributed by atoms with Gasteiger partial charge >= 0.3 is 0 Å². The molecule has 5 rings (SSSR count). The molecule has 24 heavy (non-hydrogen) atoms. The second kappa shape index (κ2) is 4.97. The van der Waals surface area contributed by atoms with Gasteiger partial charge in [-0.3, -0.25) is 0 Å². The number of halogens is 2. The number of rotatable bonds is 0. The Labute approximate surface area is 146 Å². The van der Waals surface area contributed by atoms with Crippen LogP contribution in [0.5, 0.6) is 0 Å². The zero-order valence-corrected chi connectivity index (χ0v) is 13.7. The Morgan fingerprint density at radius 1 is 0.583 bits per heavy atom. The molecule has 2 aromatic heterocycles. The molecule has 0 bridgehead atoms. The molecule has 0 radical (unpaired) electrons. The molecule has 6 heteroatoms. The van der Waals surface area contributed by atoms with Gasteiger partial charge in [0.1, 0.15) is 10.5 Å². The Bertz CT molecular complexity index is 1280. The van der Waals surface area contributed by atoms with Gasteiger partial charge in [-0.1, -0.05) is 71.7 Å². The zero-order chi connectivity index (χ0) is 16.3. The number of aromatic nitrogens is 4. The molecular formula is C18H8Cl2N4. The second-order valence-corrected chi connectivity index (χ2v) is 6.22. The molecule has 4 nitrogen and oxygen atoms in total. The average Bonchev–Trinajstić information content (AvgIpc) is 2.64. The molecule has 0 saturated carbocycles. The highest BCUT2D eigenvalue weighted by Crippen LogP contribution is 2.35. The van der Waals surface area contributed by atoms with Gasteiger partial charge in [-0.15, -0.1) is 10.2 Å². The average molecular weight is 351 g/mol. The maximum atomic E-state index is 6.26. The van der Waals surface area contributed by atoms with Crippen LogP contribution in [0.4, 0.5) is 0 Å². The highest BCUT2D eigenvalue weighted by molar-refractivity contribution is 6.44. The maximum absolute atomic E-state index is 6.26. The summed E-state index contributed by atoms with van der Waals surface area (Å²) in [5.41, 5.74) is 2.41. The molecule has 3 aromatic carbocycles. The topological polar surface area (TPSA) is 51.6 Å². The van der Waals surface area contributed by atoms with Crippen LogP contribution < -0.4 is 0 Å². The molecule has 0 aliphatic heterocycles. The Balaban J connectivity index is 2.14. The van der Waals surface area contributed by atoms with E-state index >= 15 is 0 Å². The summed E-state index contributed by atoms with van der Waals surface area (Å²) in [6, 6.07) is 16.3. The van der Waals surface area contributed by atoms with E-state index < -0.39 is 0 Å². The lowest BCUT2D eigenvalue weighted by atomic mass is 9.99. The molecule has 2 heterocycles. The van der Waals surface area contributed by atoms with Crippen molar-refractivity contribution in [2.24, 2.45) is 0 Å². The van der Waals surface area contributed by atoms with E-state index in [1.54, 1.807) is 0 Å². The summed E-state index contributed by atoms with van der Waals surface area (Å²) in [6.45, 7) is 0. The molecule has 0 saturated heterocycles. The summed E-state index contributed by atoms with van der Waals surface area (Å²) in [5, 5.41) is 12.6. The molecule has 0 fully saturated rings. The van der Waals surface area contributed by atoms with Crippen LogP contribution in [0.15, 0.2) is 48.5 Å². The number of fused-ring (bicyclic) bond motifs is 7. The Kier molecular flexibility index (Phi) is 2.86. The molecule has 5 aromatic rings. The van der Waals surface area contributed by atoms with Crippen LogP contribution >= 0.6 is 23.2 Å². The van der Waals surface area contributed by atoms with Gasteiger partial charge < -0.3 is 0 Å². The fourth-order valence-corrected chi connectivity index (χ4v) is 3.39. The lowest BCUT2D eigenvalue weighted by Crippen LogP contribution is -1.96. The van der Waals surface area contributed by atoms with Gasteiger partial charge in [-0.25, -0.2) is 9.97 Å². The predicted octanol–water partition coefficient (Wildman–Crippen LogP) is 5.19. The molecule has 0 unspecified atom stereocenters. The van der Waals surface area contributed by atoms with E-state index in [0.717, 1.165) is 32.6 Å². The van der Waals surface area contributed by atoms with Crippen LogP contribution in [0.1, 0.15) is 0 Å². The van der Waals surface area contributed by atoms with Crippen molar-refractivity contribution in [1.29, 1.82) is 0 Å². The van der Waals surface area contributed by atoms with Gasteiger partial charge in [-0.2, -0.15) is 0 Å². The van der Waals surface area contributed by atoms with E-state index in [4.69, 9.17) is 28.2 Å². The maximum Gasteiger partial charge on any atom is 0.202 e. The summed E-state index contributed by atoms with van der Waals surface area (Å²) in [6.07, 6.45) is 0. The first-order chi connectivity index (χ1) is 11.7. The highest BCUT2D eigenvalue weighted by Gasteiger charge is 2.15. The van der Waals surface area contributed by atoms with Gasteiger partial charge in [0.05, 0.1) is 11.0 Å². The van der Waals surface area contributed by atoms with Crippen molar-refractivity contribution in [2.75, 3.05) is 0 Å². The summed E-state index contributed by atoms with van der Waals surface area (Å²) >= 11 is 12.2. The van der Waals surface area contributed by atoms with E-state index in [-0.39, 0.29) is 10.2 Å². The minimum Gasteiger partial charge on any atom is -0.240 e. The van der Waals surface area contributed by atoms with Crippen molar-refractivity contribution >= 4 is 66.9 Å². The fourth-order valence-electron chi connectivity index (χ4n) is 3.10. The Morgan fingerprint density at radius 2 is 1.12 bits per heavy atom. The predicted molar refractivity (Wildman–Crippen MR) is 97.7 cm³/mol. The lowest BCUT2D eigenvalue weighted by molar-refractivity contribution is 1.05. The van der Waals surface area contributed by atoms with Crippen molar-refractivity contribution < 1.29 is 0 Å². The molecule has 114 valence electrons. The number of nitrogens with zero attached hydrogens (tertiary/aromatic N) is 4. The first kappa shape index (κ1) is 13.8. The number of hydrogen-bond acceptors (Lipinski definition) is 4. The van der Waals surface area contributed by atoms with E-state index in [1.165, 1.54) is 0 Å². The van der Waals surface area contributed by atoms with E-state index in [9.17, 15) is 0 Å². The van der Waals surface area contributed by atoms with Crippen LogP contribution in [0.2, 0.25) is 10.2 Å². The van der Waals surface area contributed by atoms with E-state index in [0.29, 0.717) is 11.2 Å². The molecule has 0 spiro atoms. The normalized spacial score (nSPS) is 11.8.